The molecule has 7 heteroatoms. The second-order valence-corrected chi connectivity index (χ2v) is 22.7. The summed E-state index contributed by atoms with van der Waals surface area (Å²) >= 11 is 0. The Labute approximate surface area is 223 Å². The van der Waals surface area contributed by atoms with Gasteiger partial charge in [-0.15, -0.1) is 0 Å². The second-order valence-electron chi connectivity index (χ2n) is 13.2. The number of hydrogen-bond acceptors (Lipinski definition) is 5. The van der Waals surface area contributed by atoms with Crippen molar-refractivity contribution in [1.29, 1.82) is 0 Å². The first kappa shape index (κ1) is 33.0. The van der Waals surface area contributed by atoms with Crippen molar-refractivity contribution in [1.82, 2.24) is 0 Å². The van der Waals surface area contributed by atoms with Crippen LogP contribution >= 0.6 is 0 Å². The zero-order valence-corrected chi connectivity index (χ0v) is 26.9. The normalized spacial score (nSPS) is 15.9. The van der Waals surface area contributed by atoms with Gasteiger partial charge in [-0.3, -0.25) is 4.79 Å². The van der Waals surface area contributed by atoms with Crippen molar-refractivity contribution in [2.24, 2.45) is 0 Å². The molecule has 1 aromatic rings. The summed E-state index contributed by atoms with van der Waals surface area (Å²) in [5, 5.41) is 11.0. The molecule has 5 nitrogen and oxygen atoms in total. The number of benzene rings is 1. The fourth-order valence-corrected chi connectivity index (χ4v) is 6.41. The van der Waals surface area contributed by atoms with Crippen LogP contribution in [-0.2, 0) is 24.8 Å². The molecule has 1 rings (SSSR count). The van der Waals surface area contributed by atoms with Crippen molar-refractivity contribution >= 4 is 22.6 Å². The van der Waals surface area contributed by atoms with E-state index in [1.165, 1.54) is 5.56 Å². The Morgan fingerprint density at radius 1 is 0.861 bits per heavy atom. The minimum atomic E-state index is -2.09. The fraction of sp³-hybridized carbons (Fsp3) is 0.759. The molecule has 36 heavy (non-hydrogen) atoms. The van der Waals surface area contributed by atoms with Gasteiger partial charge in [0.15, 0.2) is 16.6 Å². The first-order valence-electron chi connectivity index (χ1n) is 13.6. The predicted molar refractivity (Wildman–Crippen MR) is 155 cm³/mol. The molecule has 0 aliphatic heterocycles. The van der Waals surface area contributed by atoms with E-state index in [1.807, 2.05) is 6.07 Å². The van der Waals surface area contributed by atoms with Crippen LogP contribution in [0, 0.1) is 0 Å². The van der Waals surface area contributed by atoms with E-state index in [4.69, 9.17) is 13.6 Å². The lowest BCUT2D eigenvalue weighted by molar-refractivity contribution is -0.143. The first-order valence-corrected chi connectivity index (χ1v) is 19.4. The van der Waals surface area contributed by atoms with Crippen molar-refractivity contribution in [3.8, 4) is 0 Å². The molecule has 0 heterocycles. The fourth-order valence-electron chi connectivity index (χ4n) is 3.66. The second kappa shape index (κ2) is 13.7. The molecular weight excluding hydrogens is 484 g/mol. The average Bonchev–Trinajstić information content (AvgIpc) is 2.71. The third-order valence-electron chi connectivity index (χ3n) is 7.89. The van der Waals surface area contributed by atoms with E-state index in [9.17, 15) is 9.90 Å². The summed E-state index contributed by atoms with van der Waals surface area (Å²) in [5.41, 5.74) is 1.25. The highest BCUT2D eigenvalue weighted by Crippen LogP contribution is 2.40. The van der Waals surface area contributed by atoms with Crippen LogP contribution in [0.3, 0.4) is 0 Å². The smallest absolute Gasteiger partial charge is 0.305 e. The van der Waals surface area contributed by atoms with E-state index < -0.39 is 22.7 Å². The van der Waals surface area contributed by atoms with E-state index in [0.717, 1.165) is 6.42 Å². The molecule has 0 aliphatic carbocycles. The Morgan fingerprint density at radius 2 is 1.36 bits per heavy atom. The number of aliphatic hydroxyl groups excluding tert-OH is 1. The lowest BCUT2D eigenvalue weighted by atomic mass is 9.99. The van der Waals surface area contributed by atoms with Crippen molar-refractivity contribution < 1.29 is 23.5 Å². The molecule has 1 N–H and O–H groups in total. The van der Waals surface area contributed by atoms with Gasteiger partial charge in [-0.1, -0.05) is 71.9 Å². The maximum atomic E-state index is 11.9. The largest absolute Gasteiger partial charge is 0.466 e. The number of rotatable bonds is 14. The van der Waals surface area contributed by atoms with Crippen LogP contribution in [0.1, 0.15) is 79.7 Å². The first-order chi connectivity index (χ1) is 16.4. The van der Waals surface area contributed by atoms with Crippen LogP contribution in [0.15, 0.2) is 30.3 Å². The summed E-state index contributed by atoms with van der Waals surface area (Å²) in [4.78, 5) is 11.9. The van der Waals surface area contributed by atoms with E-state index in [2.05, 4.69) is 92.0 Å². The molecule has 0 saturated heterocycles. The van der Waals surface area contributed by atoms with Gasteiger partial charge >= 0.3 is 5.97 Å². The van der Waals surface area contributed by atoms with Crippen molar-refractivity contribution in [3.05, 3.63) is 35.9 Å². The van der Waals surface area contributed by atoms with E-state index >= 15 is 0 Å². The maximum absolute atomic E-state index is 11.9. The van der Waals surface area contributed by atoms with E-state index in [1.54, 1.807) is 6.92 Å². The zero-order chi connectivity index (χ0) is 27.8. The summed E-state index contributed by atoms with van der Waals surface area (Å²) in [7, 11) is -4.12. The Morgan fingerprint density at radius 3 is 1.83 bits per heavy atom. The number of ether oxygens (including phenoxy) is 1. The average molecular weight is 539 g/mol. The third kappa shape index (κ3) is 11.2. The van der Waals surface area contributed by atoms with Crippen LogP contribution < -0.4 is 0 Å². The number of esters is 1. The highest BCUT2D eigenvalue weighted by molar-refractivity contribution is 6.74. The molecule has 0 fully saturated rings. The number of carbonyl (C=O) groups excluding carboxylic acids is 1. The SMILES string of the molecule is CCOC(=O)CC[C@H](O)C[C@@H](C[C@@H](Cc1ccccc1)O[Si](C)(C)C(C)(C)C)O[Si](C)(C)C(C)(C)C. The van der Waals surface area contributed by atoms with Crippen LogP contribution in [0.25, 0.3) is 0 Å². The summed E-state index contributed by atoms with van der Waals surface area (Å²) < 4.78 is 18.9. The van der Waals surface area contributed by atoms with E-state index in [-0.39, 0.29) is 34.7 Å². The van der Waals surface area contributed by atoms with Crippen molar-refractivity contribution in [2.45, 2.75) is 135 Å². The molecule has 0 bridgehead atoms. The maximum Gasteiger partial charge on any atom is 0.305 e. The van der Waals surface area contributed by atoms with Gasteiger partial charge in [-0.05, 0) is 74.4 Å². The van der Waals surface area contributed by atoms with Gasteiger partial charge in [-0.2, -0.15) is 0 Å². The molecule has 0 aliphatic rings. The van der Waals surface area contributed by atoms with Crippen molar-refractivity contribution in [3.63, 3.8) is 0 Å². The summed E-state index contributed by atoms with van der Waals surface area (Å²) in [6.45, 7) is 24.8. The number of aliphatic hydroxyl groups is 1. The van der Waals surface area contributed by atoms with Gasteiger partial charge in [0, 0.05) is 12.5 Å². The molecule has 0 amide bonds. The standard InChI is InChI=1S/C29H54O5Si2/c1-12-32-27(31)19-18-24(30)21-26(34-36(10,11)29(5,6)7)22-25(20-23-16-14-13-15-17-23)33-35(8,9)28(2,3)4/h13-17,24-26,30H,12,18-22H2,1-11H3/t24-,25+,26-/m0/s1. The third-order valence-corrected chi connectivity index (χ3v) is 17.0. The lowest BCUT2D eigenvalue weighted by Crippen LogP contribution is -2.48. The van der Waals surface area contributed by atoms with Crippen LogP contribution in [0.2, 0.25) is 36.3 Å². The highest BCUT2D eigenvalue weighted by atomic mass is 28.4. The van der Waals surface area contributed by atoms with E-state index in [0.29, 0.717) is 25.9 Å². The molecule has 0 saturated carbocycles. The van der Waals surface area contributed by atoms with Crippen LogP contribution in [0.5, 0.6) is 0 Å². The zero-order valence-electron chi connectivity index (χ0n) is 24.9. The quantitative estimate of drug-likeness (QED) is 0.196. The lowest BCUT2D eigenvalue weighted by Gasteiger charge is -2.43. The molecule has 0 aromatic heterocycles. The molecule has 208 valence electrons. The Bertz CT molecular complexity index is 781. The van der Waals surface area contributed by atoms with Crippen LogP contribution in [-0.4, -0.2) is 52.6 Å². The predicted octanol–water partition coefficient (Wildman–Crippen LogP) is 7.49. The minimum Gasteiger partial charge on any atom is -0.466 e. The van der Waals surface area contributed by atoms with Gasteiger partial charge in [0.1, 0.15) is 0 Å². The number of hydrogen-bond donors (Lipinski definition) is 1. The molecule has 1 aromatic carbocycles. The molecular formula is C29H54O5Si2. The monoisotopic (exact) mass is 538 g/mol. The van der Waals surface area contributed by atoms with Gasteiger partial charge in [0.05, 0.1) is 18.8 Å². The molecule has 0 spiro atoms. The molecule has 0 unspecified atom stereocenters. The highest BCUT2D eigenvalue weighted by Gasteiger charge is 2.42. The van der Waals surface area contributed by atoms with Gasteiger partial charge in [-0.25, -0.2) is 0 Å². The number of carbonyl (C=O) groups is 1. The summed E-state index contributed by atoms with van der Waals surface area (Å²) in [5.74, 6) is -0.262. The Balaban J connectivity index is 3.18. The van der Waals surface area contributed by atoms with Gasteiger partial charge in [0.25, 0.3) is 0 Å². The Kier molecular flexibility index (Phi) is 12.6. The van der Waals surface area contributed by atoms with Gasteiger partial charge < -0.3 is 18.7 Å². The molecule has 0 radical (unpaired) electrons. The summed E-state index contributed by atoms with van der Waals surface area (Å²) in [6.07, 6.45) is 1.81. The minimum absolute atomic E-state index is 0.0136. The topological polar surface area (TPSA) is 65.0 Å². The van der Waals surface area contributed by atoms with Crippen LogP contribution in [0.4, 0.5) is 0 Å². The van der Waals surface area contributed by atoms with Crippen molar-refractivity contribution in [2.75, 3.05) is 6.61 Å². The summed E-state index contributed by atoms with van der Waals surface area (Å²) in [6, 6.07) is 10.5. The Hall–Kier alpha value is -0.996. The molecule has 3 atom stereocenters. The van der Waals surface area contributed by atoms with Gasteiger partial charge in [0.2, 0.25) is 0 Å².